The van der Waals surface area contributed by atoms with Crippen LogP contribution < -0.4 is 4.90 Å². The number of aromatic nitrogens is 1. The summed E-state index contributed by atoms with van der Waals surface area (Å²) in [5.74, 6) is -1.34. The summed E-state index contributed by atoms with van der Waals surface area (Å²) in [6, 6.07) is 12.0. The number of ketones is 1. The Hall–Kier alpha value is -2.61. The molecule has 33 heavy (non-hydrogen) atoms. The van der Waals surface area contributed by atoms with Gasteiger partial charge in [0.2, 0.25) is 0 Å². The number of aliphatic hydroxyl groups is 1. The number of aliphatic hydroxyl groups excluding tert-OH is 1. The molecule has 0 aliphatic carbocycles. The number of carbonyl (C=O) groups is 2. The van der Waals surface area contributed by atoms with Crippen molar-refractivity contribution in [1.82, 2.24) is 5.16 Å². The fourth-order valence-electron chi connectivity index (χ4n) is 3.58. The van der Waals surface area contributed by atoms with E-state index >= 15 is 0 Å². The maximum atomic E-state index is 13.2. The fraction of sp³-hybridized carbons (Fsp3) is 0.208. The Morgan fingerprint density at radius 1 is 1.09 bits per heavy atom. The third-order valence-corrected chi connectivity index (χ3v) is 6.39. The Morgan fingerprint density at radius 3 is 2.33 bits per heavy atom. The predicted molar refractivity (Wildman–Crippen MR) is 131 cm³/mol. The van der Waals surface area contributed by atoms with Crippen LogP contribution in [-0.2, 0) is 15.0 Å². The molecule has 2 aromatic carbocycles. The summed E-state index contributed by atoms with van der Waals surface area (Å²) in [6.07, 6.45) is 0. The number of carbonyl (C=O) groups excluding carboxylic acids is 2. The summed E-state index contributed by atoms with van der Waals surface area (Å²) >= 11 is 15.9. The van der Waals surface area contributed by atoms with Gasteiger partial charge in [-0.25, -0.2) is 0 Å². The fourth-order valence-corrected chi connectivity index (χ4v) is 4.36. The van der Waals surface area contributed by atoms with Crippen LogP contribution in [0, 0.1) is 0 Å². The van der Waals surface area contributed by atoms with Gasteiger partial charge in [-0.2, -0.15) is 0 Å². The first-order valence-corrected chi connectivity index (χ1v) is 11.5. The number of nitrogens with zero attached hydrogens (tertiary/aromatic N) is 2. The lowest BCUT2D eigenvalue weighted by molar-refractivity contribution is -0.132. The molecule has 9 heteroatoms. The number of benzene rings is 2. The average Bonchev–Trinajstić information content (AvgIpc) is 3.32. The lowest BCUT2D eigenvalue weighted by Crippen LogP contribution is -2.30. The van der Waals surface area contributed by atoms with Crippen LogP contribution in [0.2, 0.25) is 10.0 Å². The van der Waals surface area contributed by atoms with Crippen LogP contribution in [0.1, 0.15) is 43.7 Å². The second-order valence-electron chi connectivity index (χ2n) is 8.64. The zero-order valence-corrected chi connectivity index (χ0v) is 21.0. The Kier molecular flexibility index (Phi) is 6.16. The molecule has 1 aliphatic rings. The van der Waals surface area contributed by atoms with Crippen LogP contribution in [0.15, 0.2) is 63.1 Å². The minimum Gasteiger partial charge on any atom is -0.507 e. The van der Waals surface area contributed by atoms with Crippen molar-refractivity contribution in [2.75, 3.05) is 4.90 Å². The van der Waals surface area contributed by atoms with E-state index in [4.69, 9.17) is 27.7 Å². The molecule has 1 N–H and O–H groups in total. The van der Waals surface area contributed by atoms with Gasteiger partial charge in [0.15, 0.2) is 5.82 Å². The highest BCUT2D eigenvalue weighted by molar-refractivity contribution is 9.10. The van der Waals surface area contributed by atoms with E-state index in [2.05, 4.69) is 21.1 Å². The van der Waals surface area contributed by atoms with Gasteiger partial charge >= 0.3 is 5.91 Å². The monoisotopic (exact) mass is 548 g/mol. The van der Waals surface area contributed by atoms with Gasteiger partial charge in [-0.15, -0.1) is 0 Å². The molecule has 0 spiro atoms. The van der Waals surface area contributed by atoms with Gasteiger partial charge in [-0.05, 0) is 29.8 Å². The van der Waals surface area contributed by atoms with Crippen molar-refractivity contribution < 1.29 is 19.2 Å². The molecule has 2 heterocycles. The quantitative estimate of drug-likeness (QED) is 0.224. The lowest BCUT2D eigenvalue weighted by atomic mass is 9.93. The van der Waals surface area contributed by atoms with Crippen LogP contribution in [0.3, 0.4) is 0 Å². The summed E-state index contributed by atoms with van der Waals surface area (Å²) in [5.41, 5.74) is 0.317. The molecule has 0 saturated carbocycles. The third-order valence-electron chi connectivity index (χ3n) is 5.30. The molecule has 6 nitrogen and oxygen atoms in total. The first kappa shape index (κ1) is 23.5. The first-order chi connectivity index (χ1) is 15.5. The standard InChI is InChI=1S/C24H19BrCl2N2O4/c1-24(2,3)17-11-18(28-33-17)29-20(15-9-8-14(26)10-16(15)27)19(22(31)23(29)32)21(30)12-4-6-13(25)7-5-12/h4-11,20,30H,1-3H3/b21-19+. The highest BCUT2D eigenvalue weighted by Gasteiger charge is 2.49. The molecule has 1 fully saturated rings. The Morgan fingerprint density at radius 2 is 1.76 bits per heavy atom. The van der Waals surface area contributed by atoms with Crippen molar-refractivity contribution in [2.45, 2.75) is 32.2 Å². The molecule has 1 atom stereocenters. The van der Waals surface area contributed by atoms with Gasteiger partial charge in [0, 0.05) is 31.6 Å². The minimum atomic E-state index is -1.03. The maximum Gasteiger partial charge on any atom is 0.301 e. The summed E-state index contributed by atoms with van der Waals surface area (Å²) < 4.78 is 6.26. The third kappa shape index (κ3) is 4.33. The van der Waals surface area contributed by atoms with Crippen LogP contribution in [-0.4, -0.2) is 22.0 Å². The first-order valence-electron chi connectivity index (χ1n) is 9.98. The van der Waals surface area contributed by atoms with E-state index in [0.29, 0.717) is 21.9 Å². The summed E-state index contributed by atoms with van der Waals surface area (Å²) in [6.45, 7) is 5.81. The topological polar surface area (TPSA) is 83.6 Å². The van der Waals surface area contributed by atoms with E-state index in [9.17, 15) is 14.7 Å². The molecule has 0 bridgehead atoms. The van der Waals surface area contributed by atoms with Crippen molar-refractivity contribution in [3.8, 4) is 0 Å². The highest BCUT2D eigenvalue weighted by Crippen LogP contribution is 2.45. The summed E-state index contributed by atoms with van der Waals surface area (Å²) in [7, 11) is 0. The van der Waals surface area contributed by atoms with E-state index in [-0.39, 0.29) is 27.6 Å². The van der Waals surface area contributed by atoms with Crippen molar-refractivity contribution >= 4 is 62.4 Å². The zero-order valence-electron chi connectivity index (χ0n) is 17.9. The van der Waals surface area contributed by atoms with Gasteiger partial charge < -0.3 is 9.63 Å². The van der Waals surface area contributed by atoms with Gasteiger partial charge in [-0.3, -0.25) is 14.5 Å². The molecular weight excluding hydrogens is 531 g/mol. The molecule has 170 valence electrons. The molecule has 1 saturated heterocycles. The van der Waals surface area contributed by atoms with Crippen molar-refractivity contribution in [1.29, 1.82) is 0 Å². The summed E-state index contributed by atoms with van der Waals surface area (Å²) in [4.78, 5) is 27.6. The summed E-state index contributed by atoms with van der Waals surface area (Å²) in [5, 5.41) is 15.8. The van der Waals surface area contributed by atoms with Crippen LogP contribution in [0.25, 0.3) is 5.76 Å². The van der Waals surface area contributed by atoms with Gasteiger partial charge in [0.1, 0.15) is 11.5 Å². The number of Topliss-reactive ketones (excluding diaryl/α,β-unsaturated/α-hetero) is 1. The van der Waals surface area contributed by atoms with Gasteiger partial charge in [0.05, 0.1) is 11.6 Å². The van der Waals surface area contributed by atoms with E-state index in [1.165, 1.54) is 11.0 Å². The largest absolute Gasteiger partial charge is 0.507 e. The number of amides is 1. The maximum absolute atomic E-state index is 13.2. The predicted octanol–water partition coefficient (Wildman–Crippen LogP) is 6.67. The SMILES string of the molecule is CC(C)(C)c1cc(N2C(=O)C(=O)/C(=C(/O)c3ccc(Br)cc3)C2c2ccc(Cl)cc2Cl)no1. The normalized spacial score (nSPS) is 18.2. The lowest BCUT2D eigenvalue weighted by Gasteiger charge is -2.24. The second kappa shape index (κ2) is 8.63. The van der Waals surface area contributed by atoms with Crippen molar-refractivity contribution in [3.05, 3.63) is 85.5 Å². The molecule has 1 aromatic heterocycles. The molecular formula is C24H19BrCl2N2O4. The average molecular weight is 550 g/mol. The van der Waals surface area contributed by atoms with E-state index in [1.54, 1.807) is 42.5 Å². The molecule has 1 amide bonds. The number of rotatable bonds is 3. The molecule has 3 aromatic rings. The number of hydrogen-bond donors (Lipinski definition) is 1. The Labute approximate surface area is 208 Å². The molecule has 4 rings (SSSR count). The van der Waals surface area contributed by atoms with E-state index in [0.717, 1.165) is 4.47 Å². The molecule has 1 aliphatic heterocycles. The number of halogens is 3. The van der Waals surface area contributed by atoms with Crippen LogP contribution >= 0.6 is 39.1 Å². The van der Waals surface area contributed by atoms with Gasteiger partial charge in [0.25, 0.3) is 5.78 Å². The van der Waals surface area contributed by atoms with Crippen LogP contribution in [0.5, 0.6) is 0 Å². The Bertz CT molecular complexity index is 1290. The molecule has 1 unspecified atom stereocenters. The van der Waals surface area contributed by atoms with Crippen molar-refractivity contribution in [2.24, 2.45) is 0 Å². The van der Waals surface area contributed by atoms with E-state index < -0.39 is 17.7 Å². The smallest absolute Gasteiger partial charge is 0.301 e. The number of hydrogen-bond acceptors (Lipinski definition) is 5. The zero-order chi connectivity index (χ0) is 24.1. The van der Waals surface area contributed by atoms with Crippen LogP contribution in [0.4, 0.5) is 5.82 Å². The van der Waals surface area contributed by atoms with E-state index in [1.807, 2.05) is 20.8 Å². The second-order valence-corrected chi connectivity index (χ2v) is 10.4. The highest BCUT2D eigenvalue weighted by atomic mass is 79.9. The van der Waals surface area contributed by atoms with Crippen molar-refractivity contribution in [3.63, 3.8) is 0 Å². The number of anilines is 1. The van der Waals surface area contributed by atoms with Gasteiger partial charge in [-0.1, -0.05) is 83.3 Å². The minimum absolute atomic E-state index is 0.105. The molecule has 0 radical (unpaired) electrons. The Balaban J connectivity index is 1.95.